The van der Waals surface area contributed by atoms with E-state index in [-0.39, 0.29) is 11.9 Å². The Morgan fingerprint density at radius 3 is 3.13 bits per heavy atom. The van der Waals surface area contributed by atoms with Crippen molar-refractivity contribution >= 4 is 11.8 Å². The number of halogens is 1. The van der Waals surface area contributed by atoms with E-state index in [1.54, 1.807) is 6.07 Å². The summed E-state index contributed by atoms with van der Waals surface area (Å²) in [6.45, 7) is 3.21. The van der Waals surface area contributed by atoms with Crippen molar-refractivity contribution in [3.05, 3.63) is 29.8 Å². The summed E-state index contributed by atoms with van der Waals surface area (Å²) >= 11 is 1.95. The molecule has 2 unspecified atom stereocenters. The Bertz CT molecular complexity index is 315. The van der Waals surface area contributed by atoms with Gasteiger partial charge in [-0.15, -0.1) is 0 Å². The normalized spacial score (nSPS) is 27.3. The van der Waals surface area contributed by atoms with Gasteiger partial charge in [0.05, 0.1) is 17.9 Å². The first-order valence-corrected chi connectivity index (χ1v) is 6.28. The zero-order valence-electron chi connectivity index (χ0n) is 8.74. The van der Waals surface area contributed by atoms with Crippen molar-refractivity contribution in [2.24, 2.45) is 0 Å². The maximum atomic E-state index is 12.7. The van der Waals surface area contributed by atoms with E-state index in [9.17, 15) is 4.39 Å². The fraction of sp³-hybridized carbons (Fsp3) is 0.545. The van der Waals surface area contributed by atoms with Gasteiger partial charge >= 0.3 is 0 Å². The van der Waals surface area contributed by atoms with Crippen LogP contribution < -0.4 is 5.32 Å². The molecule has 0 aromatic carbocycles. The second-order valence-corrected chi connectivity index (χ2v) is 5.25. The van der Waals surface area contributed by atoms with Gasteiger partial charge in [0.1, 0.15) is 5.82 Å². The molecule has 2 nitrogen and oxygen atoms in total. The van der Waals surface area contributed by atoms with Crippen LogP contribution in [-0.2, 0) is 0 Å². The largest absolute Gasteiger partial charge is 0.308 e. The summed E-state index contributed by atoms with van der Waals surface area (Å²) in [5.41, 5.74) is 0.943. The number of pyridine rings is 1. The van der Waals surface area contributed by atoms with Crippen molar-refractivity contribution in [1.82, 2.24) is 10.3 Å². The van der Waals surface area contributed by atoms with E-state index in [0.29, 0.717) is 5.25 Å². The molecule has 0 amide bonds. The minimum Gasteiger partial charge on any atom is -0.308 e. The highest BCUT2D eigenvalue weighted by atomic mass is 32.2. The number of nitrogens with zero attached hydrogens (tertiary/aromatic N) is 1. The van der Waals surface area contributed by atoms with Crippen LogP contribution in [0.15, 0.2) is 18.3 Å². The fourth-order valence-corrected chi connectivity index (χ4v) is 2.89. The lowest BCUT2D eigenvalue weighted by Crippen LogP contribution is -2.28. The predicted molar refractivity (Wildman–Crippen MR) is 61.5 cm³/mol. The second kappa shape index (κ2) is 4.94. The molecule has 15 heavy (non-hydrogen) atoms. The lowest BCUT2D eigenvalue weighted by atomic mass is 10.1. The highest BCUT2D eigenvalue weighted by molar-refractivity contribution is 7.99. The van der Waals surface area contributed by atoms with Gasteiger partial charge in [0, 0.05) is 5.25 Å². The molecule has 1 fully saturated rings. The Hall–Kier alpha value is -0.610. The van der Waals surface area contributed by atoms with Crippen molar-refractivity contribution in [3.8, 4) is 0 Å². The van der Waals surface area contributed by atoms with Crippen molar-refractivity contribution in [1.29, 1.82) is 0 Å². The van der Waals surface area contributed by atoms with Crippen molar-refractivity contribution in [2.75, 3.05) is 12.3 Å². The maximum absolute atomic E-state index is 12.7. The van der Waals surface area contributed by atoms with Crippen molar-refractivity contribution in [2.45, 2.75) is 24.6 Å². The average molecular weight is 226 g/mol. The van der Waals surface area contributed by atoms with Crippen LogP contribution in [0.4, 0.5) is 4.39 Å². The van der Waals surface area contributed by atoms with Gasteiger partial charge in [-0.3, -0.25) is 4.98 Å². The highest BCUT2D eigenvalue weighted by Crippen LogP contribution is 2.27. The first kappa shape index (κ1) is 10.9. The van der Waals surface area contributed by atoms with Crippen LogP contribution in [0.1, 0.15) is 25.1 Å². The number of nitrogens with one attached hydrogen (secondary N) is 1. The molecular formula is C11H15FN2S. The third kappa shape index (κ3) is 2.69. The summed E-state index contributed by atoms with van der Waals surface area (Å²) in [6, 6.07) is 3.50. The van der Waals surface area contributed by atoms with E-state index in [1.807, 2.05) is 11.8 Å². The number of hydrogen-bond donors (Lipinski definition) is 1. The molecule has 0 aliphatic carbocycles. The van der Waals surface area contributed by atoms with Gasteiger partial charge in [0.2, 0.25) is 0 Å². The molecule has 0 radical (unpaired) electrons. The smallest absolute Gasteiger partial charge is 0.141 e. The minimum absolute atomic E-state index is 0.248. The molecule has 1 aromatic heterocycles. The first-order valence-electron chi connectivity index (χ1n) is 5.24. The van der Waals surface area contributed by atoms with Crippen LogP contribution in [0.25, 0.3) is 0 Å². The molecule has 0 bridgehead atoms. The Kier molecular flexibility index (Phi) is 3.59. The lowest BCUT2D eigenvalue weighted by Gasteiger charge is -2.21. The molecule has 1 aromatic rings. The molecule has 4 heteroatoms. The summed E-state index contributed by atoms with van der Waals surface area (Å²) in [7, 11) is 0. The van der Waals surface area contributed by atoms with Crippen LogP contribution in [0, 0.1) is 5.82 Å². The fourth-order valence-electron chi connectivity index (χ4n) is 1.78. The number of thioether (sulfide) groups is 1. The van der Waals surface area contributed by atoms with Crippen molar-refractivity contribution in [3.63, 3.8) is 0 Å². The second-order valence-electron chi connectivity index (χ2n) is 3.76. The molecule has 0 spiro atoms. The summed E-state index contributed by atoms with van der Waals surface area (Å²) in [4.78, 5) is 4.14. The molecule has 2 heterocycles. The van der Waals surface area contributed by atoms with Crippen LogP contribution in [0.2, 0.25) is 0 Å². The molecular weight excluding hydrogens is 211 g/mol. The number of aromatic nitrogens is 1. The quantitative estimate of drug-likeness (QED) is 0.796. The van der Waals surface area contributed by atoms with Crippen LogP contribution >= 0.6 is 11.8 Å². The molecule has 0 saturated carbocycles. The molecule has 2 atom stereocenters. The third-order valence-electron chi connectivity index (χ3n) is 2.60. The van der Waals surface area contributed by atoms with Gasteiger partial charge < -0.3 is 5.32 Å². The van der Waals surface area contributed by atoms with Gasteiger partial charge in [-0.25, -0.2) is 4.39 Å². The van der Waals surface area contributed by atoms with Gasteiger partial charge in [-0.1, -0.05) is 6.92 Å². The topological polar surface area (TPSA) is 24.9 Å². The van der Waals surface area contributed by atoms with Gasteiger partial charge in [-0.05, 0) is 30.9 Å². The molecule has 1 aliphatic heterocycles. The van der Waals surface area contributed by atoms with Gasteiger partial charge in [0.15, 0.2) is 0 Å². The van der Waals surface area contributed by atoms with E-state index in [2.05, 4.69) is 17.2 Å². The Morgan fingerprint density at radius 1 is 1.53 bits per heavy atom. The summed E-state index contributed by atoms with van der Waals surface area (Å²) in [5.74, 6) is 0.916. The predicted octanol–water partition coefficient (Wildman–Crippen LogP) is 2.38. The maximum Gasteiger partial charge on any atom is 0.141 e. The summed E-state index contributed by atoms with van der Waals surface area (Å²) < 4.78 is 12.7. The Labute approximate surface area is 93.7 Å². The monoisotopic (exact) mass is 226 g/mol. The standard InChI is InChI=1S/C11H15FN2S/c1-8-11(13-5-2-6-15-8)10-4-3-9(12)7-14-10/h3-4,7-8,11,13H,2,5-6H2,1H3. The van der Waals surface area contributed by atoms with Crippen molar-refractivity contribution < 1.29 is 4.39 Å². The minimum atomic E-state index is -0.271. The van der Waals surface area contributed by atoms with E-state index in [1.165, 1.54) is 24.4 Å². The number of hydrogen-bond acceptors (Lipinski definition) is 3. The SMILES string of the molecule is CC1SCCCNC1c1ccc(F)cn1. The zero-order chi connectivity index (χ0) is 10.7. The summed E-state index contributed by atoms with van der Waals surface area (Å²) in [6.07, 6.45) is 2.48. The Balaban J connectivity index is 2.16. The summed E-state index contributed by atoms with van der Waals surface area (Å²) in [5, 5.41) is 3.95. The van der Waals surface area contributed by atoms with E-state index < -0.39 is 0 Å². The van der Waals surface area contributed by atoms with E-state index >= 15 is 0 Å². The van der Waals surface area contributed by atoms with Crippen LogP contribution in [0.5, 0.6) is 0 Å². The first-order chi connectivity index (χ1) is 7.27. The molecule has 1 saturated heterocycles. The zero-order valence-corrected chi connectivity index (χ0v) is 9.56. The van der Waals surface area contributed by atoms with E-state index in [4.69, 9.17) is 0 Å². The van der Waals surface area contributed by atoms with Gasteiger partial charge in [0.25, 0.3) is 0 Å². The van der Waals surface area contributed by atoms with Crippen LogP contribution in [0.3, 0.4) is 0 Å². The van der Waals surface area contributed by atoms with Gasteiger partial charge in [-0.2, -0.15) is 11.8 Å². The highest BCUT2D eigenvalue weighted by Gasteiger charge is 2.22. The average Bonchev–Trinajstić information content (AvgIpc) is 2.44. The number of rotatable bonds is 1. The molecule has 1 N–H and O–H groups in total. The molecule has 2 rings (SSSR count). The third-order valence-corrected chi connectivity index (χ3v) is 3.93. The van der Waals surface area contributed by atoms with E-state index in [0.717, 1.165) is 12.2 Å². The van der Waals surface area contributed by atoms with Crippen LogP contribution in [-0.4, -0.2) is 22.5 Å². The molecule has 1 aliphatic rings. The lowest BCUT2D eigenvalue weighted by molar-refractivity contribution is 0.524. The Morgan fingerprint density at radius 2 is 2.40 bits per heavy atom. The molecule has 82 valence electrons.